The van der Waals surface area contributed by atoms with Crippen molar-refractivity contribution in [1.82, 2.24) is 5.32 Å². The number of hydrogen-bond donors (Lipinski definition) is 1. The summed E-state index contributed by atoms with van der Waals surface area (Å²) in [5.74, 6) is 1.22. The zero-order chi connectivity index (χ0) is 14.1. The summed E-state index contributed by atoms with van der Waals surface area (Å²) in [6.07, 6.45) is 9.09. The van der Waals surface area contributed by atoms with Crippen LogP contribution in [0.5, 0.6) is 0 Å². The lowest BCUT2D eigenvalue weighted by Crippen LogP contribution is -2.50. The van der Waals surface area contributed by atoms with Gasteiger partial charge in [-0.2, -0.15) is 0 Å². The fourth-order valence-corrected chi connectivity index (χ4v) is 5.46. The maximum absolute atomic E-state index is 11.9. The molecule has 112 valence electrons. The van der Waals surface area contributed by atoms with E-state index in [4.69, 9.17) is 0 Å². The van der Waals surface area contributed by atoms with Crippen molar-refractivity contribution >= 4 is 9.84 Å². The minimum atomic E-state index is -2.87. The molecule has 2 fully saturated rings. The molecule has 3 atom stereocenters. The predicted molar refractivity (Wildman–Crippen MR) is 80.0 cm³/mol. The molecule has 0 radical (unpaired) electrons. The molecule has 1 heterocycles. The number of sulfone groups is 1. The molecule has 3 unspecified atom stereocenters. The van der Waals surface area contributed by atoms with Gasteiger partial charge in [-0.25, -0.2) is 8.42 Å². The highest BCUT2D eigenvalue weighted by atomic mass is 32.2. The molecule has 1 aliphatic heterocycles. The SMILES string of the molecule is CC(C)CC1(C2CCCC(S(C)(=O)=O)C2)CCCN1. The van der Waals surface area contributed by atoms with Crippen LogP contribution in [-0.4, -0.2) is 32.0 Å². The lowest BCUT2D eigenvalue weighted by atomic mass is 9.70. The van der Waals surface area contributed by atoms with Crippen LogP contribution in [0.4, 0.5) is 0 Å². The molecule has 0 aromatic rings. The maximum Gasteiger partial charge on any atom is 0.150 e. The lowest BCUT2D eigenvalue weighted by Gasteiger charge is -2.43. The molecule has 19 heavy (non-hydrogen) atoms. The Kier molecular flexibility index (Phi) is 4.61. The Morgan fingerprint density at radius 1 is 1.26 bits per heavy atom. The van der Waals surface area contributed by atoms with Gasteiger partial charge < -0.3 is 5.32 Å². The van der Waals surface area contributed by atoms with E-state index in [0.717, 1.165) is 25.8 Å². The zero-order valence-electron chi connectivity index (χ0n) is 12.6. The monoisotopic (exact) mass is 287 g/mol. The van der Waals surface area contributed by atoms with E-state index >= 15 is 0 Å². The molecular weight excluding hydrogens is 258 g/mol. The largest absolute Gasteiger partial charge is 0.311 e. The van der Waals surface area contributed by atoms with Gasteiger partial charge in [-0.3, -0.25) is 0 Å². The lowest BCUT2D eigenvalue weighted by molar-refractivity contribution is 0.154. The molecule has 1 N–H and O–H groups in total. The van der Waals surface area contributed by atoms with Gasteiger partial charge >= 0.3 is 0 Å². The van der Waals surface area contributed by atoms with Crippen molar-refractivity contribution in [3.8, 4) is 0 Å². The highest BCUT2D eigenvalue weighted by Gasteiger charge is 2.44. The van der Waals surface area contributed by atoms with Gasteiger partial charge in [0.15, 0.2) is 0 Å². The molecule has 1 saturated heterocycles. The molecule has 2 rings (SSSR count). The van der Waals surface area contributed by atoms with Gasteiger partial charge in [0, 0.05) is 11.8 Å². The third-order valence-corrected chi connectivity index (χ3v) is 6.70. The van der Waals surface area contributed by atoms with Crippen LogP contribution in [0.1, 0.15) is 58.8 Å². The molecule has 0 spiro atoms. The zero-order valence-corrected chi connectivity index (χ0v) is 13.4. The van der Waals surface area contributed by atoms with E-state index in [1.165, 1.54) is 31.9 Å². The van der Waals surface area contributed by atoms with Crippen molar-refractivity contribution in [3.63, 3.8) is 0 Å². The second-order valence-electron chi connectivity index (χ2n) is 7.10. The molecule has 3 nitrogen and oxygen atoms in total. The van der Waals surface area contributed by atoms with E-state index in [0.29, 0.717) is 11.8 Å². The standard InChI is InChI=1S/C15H29NO2S/c1-12(2)11-15(8-5-9-16-15)13-6-4-7-14(10-13)19(3,17)18/h12-14,16H,4-11H2,1-3H3. The van der Waals surface area contributed by atoms with Gasteiger partial charge in [0.25, 0.3) is 0 Å². The summed E-state index contributed by atoms with van der Waals surface area (Å²) < 4.78 is 23.7. The van der Waals surface area contributed by atoms with Crippen molar-refractivity contribution in [2.45, 2.75) is 69.6 Å². The van der Waals surface area contributed by atoms with E-state index in [1.807, 2.05) is 0 Å². The third kappa shape index (κ3) is 3.52. The van der Waals surface area contributed by atoms with Crippen LogP contribution in [0, 0.1) is 11.8 Å². The van der Waals surface area contributed by atoms with Crippen molar-refractivity contribution in [2.24, 2.45) is 11.8 Å². The molecule has 2 aliphatic rings. The first-order chi connectivity index (χ1) is 8.83. The summed E-state index contributed by atoms with van der Waals surface area (Å²) in [4.78, 5) is 0. The second-order valence-corrected chi connectivity index (χ2v) is 9.43. The van der Waals surface area contributed by atoms with E-state index in [2.05, 4.69) is 19.2 Å². The van der Waals surface area contributed by atoms with E-state index in [-0.39, 0.29) is 10.8 Å². The molecule has 1 aliphatic carbocycles. The first kappa shape index (κ1) is 15.3. The van der Waals surface area contributed by atoms with Crippen molar-refractivity contribution in [3.05, 3.63) is 0 Å². The normalized spacial score (nSPS) is 36.8. The number of rotatable bonds is 4. The van der Waals surface area contributed by atoms with Crippen LogP contribution in [0.15, 0.2) is 0 Å². The molecule has 0 amide bonds. The summed E-state index contributed by atoms with van der Waals surface area (Å²) in [7, 11) is -2.87. The fraction of sp³-hybridized carbons (Fsp3) is 1.00. The average molecular weight is 287 g/mol. The second kappa shape index (κ2) is 5.72. The topological polar surface area (TPSA) is 46.2 Å². The highest BCUT2D eigenvalue weighted by molar-refractivity contribution is 7.91. The van der Waals surface area contributed by atoms with Crippen LogP contribution >= 0.6 is 0 Å². The Morgan fingerprint density at radius 3 is 2.53 bits per heavy atom. The van der Waals surface area contributed by atoms with Crippen LogP contribution in [-0.2, 0) is 9.84 Å². The Labute approximate surface area is 118 Å². The predicted octanol–water partition coefficient (Wildman–Crippen LogP) is 2.76. The Morgan fingerprint density at radius 2 is 2.00 bits per heavy atom. The number of nitrogens with one attached hydrogen (secondary N) is 1. The quantitative estimate of drug-likeness (QED) is 0.865. The Hall–Kier alpha value is -0.0900. The highest BCUT2D eigenvalue weighted by Crippen LogP contribution is 2.42. The Balaban J connectivity index is 2.13. The molecule has 1 saturated carbocycles. The molecule has 0 aromatic carbocycles. The van der Waals surface area contributed by atoms with E-state index in [1.54, 1.807) is 0 Å². The van der Waals surface area contributed by atoms with Gasteiger partial charge in [0.2, 0.25) is 0 Å². The van der Waals surface area contributed by atoms with Crippen LogP contribution in [0.2, 0.25) is 0 Å². The van der Waals surface area contributed by atoms with Crippen LogP contribution < -0.4 is 5.32 Å². The van der Waals surface area contributed by atoms with Crippen molar-refractivity contribution in [2.75, 3.05) is 12.8 Å². The minimum Gasteiger partial charge on any atom is -0.311 e. The number of hydrogen-bond acceptors (Lipinski definition) is 3. The molecule has 0 bridgehead atoms. The van der Waals surface area contributed by atoms with Gasteiger partial charge in [-0.05, 0) is 56.9 Å². The molecule has 4 heteroatoms. The minimum absolute atomic E-state index is 0.0994. The summed E-state index contributed by atoms with van der Waals surface area (Å²) in [6.45, 7) is 5.66. The first-order valence-corrected chi connectivity index (χ1v) is 9.73. The van der Waals surface area contributed by atoms with Crippen molar-refractivity contribution < 1.29 is 8.42 Å². The Bertz CT molecular complexity index is 396. The third-order valence-electron chi connectivity index (χ3n) is 5.06. The van der Waals surface area contributed by atoms with Crippen molar-refractivity contribution in [1.29, 1.82) is 0 Å². The van der Waals surface area contributed by atoms with Gasteiger partial charge in [-0.1, -0.05) is 20.3 Å². The average Bonchev–Trinajstić information content (AvgIpc) is 2.77. The smallest absolute Gasteiger partial charge is 0.150 e. The molecular formula is C15H29NO2S. The van der Waals surface area contributed by atoms with Gasteiger partial charge in [-0.15, -0.1) is 0 Å². The van der Waals surface area contributed by atoms with Crippen LogP contribution in [0.25, 0.3) is 0 Å². The summed E-state index contributed by atoms with van der Waals surface area (Å²) >= 11 is 0. The summed E-state index contributed by atoms with van der Waals surface area (Å²) in [6, 6.07) is 0. The maximum atomic E-state index is 11.9. The van der Waals surface area contributed by atoms with Crippen LogP contribution in [0.3, 0.4) is 0 Å². The van der Waals surface area contributed by atoms with E-state index in [9.17, 15) is 8.42 Å². The summed E-state index contributed by atoms with van der Waals surface area (Å²) in [5.41, 5.74) is 0.220. The molecule has 0 aromatic heterocycles. The van der Waals surface area contributed by atoms with Gasteiger partial charge in [0.1, 0.15) is 9.84 Å². The fourth-order valence-electron chi connectivity index (χ4n) is 4.28. The summed E-state index contributed by atoms with van der Waals surface area (Å²) in [5, 5.41) is 3.65. The van der Waals surface area contributed by atoms with Gasteiger partial charge in [0.05, 0.1) is 5.25 Å². The van der Waals surface area contributed by atoms with E-state index < -0.39 is 9.84 Å². The first-order valence-electron chi connectivity index (χ1n) is 7.77.